The van der Waals surface area contributed by atoms with E-state index in [1.807, 2.05) is 20.8 Å². The van der Waals surface area contributed by atoms with Crippen LogP contribution in [0.4, 0.5) is 11.8 Å². The number of nitrogens with zero attached hydrogens (tertiary/aromatic N) is 3. The first kappa shape index (κ1) is 14.2. The molecule has 0 aromatic carbocycles. The number of aromatic nitrogens is 2. The highest BCUT2D eigenvalue weighted by molar-refractivity contribution is 5.76. The third-order valence-corrected chi connectivity index (χ3v) is 2.63. The molecule has 1 aromatic heterocycles. The Balaban J connectivity index is 2.44. The van der Waals surface area contributed by atoms with Gasteiger partial charge in [0.05, 0.1) is 0 Å². The SMILES string of the molecule is CCN(CC)C(=O)CCNc1cc(C)nc(N)n1. The Morgan fingerprint density at radius 3 is 2.61 bits per heavy atom. The second-order valence-corrected chi connectivity index (χ2v) is 4.00. The van der Waals surface area contributed by atoms with E-state index in [0.29, 0.717) is 18.8 Å². The van der Waals surface area contributed by atoms with E-state index in [-0.39, 0.29) is 11.9 Å². The molecule has 0 radical (unpaired) electrons. The fourth-order valence-electron chi connectivity index (χ4n) is 1.71. The molecule has 6 nitrogen and oxygen atoms in total. The number of anilines is 2. The molecule has 0 saturated heterocycles. The standard InChI is InChI=1S/C12H21N5O/c1-4-17(5-2)11(18)6-7-14-10-8-9(3)15-12(13)16-10/h8H,4-7H2,1-3H3,(H3,13,14,15,16). The highest BCUT2D eigenvalue weighted by Gasteiger charge is 2.08. The van der Waals surface area contributed by atoms with Crippen molar-refractivity contribution in [3.8, 4) is 0 Å². The first-order valence-corrected chi connectivity index (χ1v) is 6.19. The fourth-order valence-corrected chi connectivity index (χ4v) is 1.71. The van der Waals surface area contributed by atoms with Gasteiger partial charge in [0.15, 0.2) is 0 Å². The summed E-state index contributed by atoms with van der Waals surface area (Å²) in [6.45, 7) is 7.84. The van der Waals surface area contributed by atoms with Crippen molar-refractivity contribution in [3.63, 3.8) is 0 Å². The van der Waals surface area contributed by atoms with Gasteiger partial charge in [-0.25, -0.2) is 4.98 Å². The van der Waals surface area contributed by atoms with Crippen molar-refractivity contribution in [1.82, 2.24) is 14.9 Å². The lowest BCUT2D eigenvalue weighted by Crippen LogP contribution is -2.31. The average molecular weight is 251 g/mol. The van der Waals surface area contributed by atoms with Gasteiger partial charge in [-0.05, 0) is 20.8 Å². The van der Waals surface area contributed by atoms with Crippen LogP contribution >= 0.6 is 0 Å². The van der Waals surface area contributed by atoms with Gasteiger partial charge >= 0.3 is 0 Å². The molecule has 0 aliphatic heterocycles. The molecule has 18 heavy (non-hydrogen) atoms. The monoisotopic (exact) mass is 251 g/mol. The predicted molar refractivity (Wildman–Crippen MR) is 72.2 cm³/mol. The maximum atomic E-state index is 11.8. The minimum Gasteiger partial charge on any atom is -0.369 e. The predicted octanol–water partition coefficient (Wildman–Crippen LogP) is 1.04. The molecule has 0 saturated carbocycles. The number of nitrogens with two attached hydrogens (primary N) is 1. The van der Waals surface area contributed by atoms with Crippen LogP contribution in [-0.4, -0.2) is 40.4 Å². The molecule has 0 aliphatic carbocycles. The molecule has 100 valence electrons. The molecule has 1 amide bonds. The molecule has 6 heteroatoms. The lowest BCUT2D eigenvalue weighted by molar-refractivity contribution is -0.130. The van der Waals surface area contributed by atoms with E-state index in [9.17, 15) is 4.79 Å². The lowest BCUT2D eigenvalue weighted by atomic mass is 10.3. The molecule has 0 atom stereocenters. The minimum atomic E-state index is 0.145. The number of nitrogen functional groups attached to an aromatic ring is 1. The van der Waals surface area contributed by atoms with Crippen molar-refractivity contribution in [1.29, 1.82) is 0 Å². The highest BCUT2D eigenvalue weighted by atomic mass is 16.2. The maximum absolute atomic E-state index is 11.8. The Labute approximate surface area is 108 Å². The molecule has 0 bridgehead atoms. The van der Waals surface area contributed by atoms with Crippen molar-refractivity contribution >= 4 is 17.7 Å². The molecule has 1 heterocycles. The van der Waals surface area contributed by atoms with E-state index in [1.54, 1.807) is 11.0 Å². The molecule has 0 fully saturated rings. The molecule has 1 aromatic rings. The smallest absolute Gasteiger partial charge is 0.224 e. The Morgan fingerprint density at radius 2 is 2.06 bits per heavy atom. The van der Waals surface area contributed by atoms with Gasteiger partial charge in [-0.15, -0.1) is 0 Å². The Kier molecular flexibility index (Phi) is 5.35. The number of hydrogen-bond donors (Lipinski definition) is 2. The fraction of sp³-hybridized carbons (Fsp3) is 0.583. The first-order valence-electron chi connectivity index (χ1n) is 6.19. The molecule has 1 rings (SSSR count). The van der Waals surface area contributed by atoms with Gasteiger partial charge in [0.2, 0.25) is 11.9 Å². The summed E-state index contributed by atoms with van der Waals surface area (Å²) in [7, 11) is 0. The zero-order valence-corrected chi connectivity index (χ0v) is 11.2. The Morgan fingerprint density at radius 1 is 1.39 bits per heavy atom. The third kappa shape index (κ3) is 4.20. The van der Waals surface area contributed by atoms with Crippen LogP contribution in [0.15, 0.2) is 6.07 Å². The second-order valence-electron chi connectivity index (χ2n) is 4.00. The molecule has 3 N–H and O–H groups in total. The molecule has 0 spiro atoms. The summed E-state index contributed by atoms with van der Waals surface area (Å²) in [5.74, 6) is 1.05. The van der Waals surface area contributed by atoms with Crippen LogP contribution in [0.1, 0.15) is 26.0 Å². The normalized spacial score (nSPS) is 10.2. The van der Waals surface area contributed by atoms with Crippen LogP contribution < -0.4 is 11.1 Å². The molecular weight excluding hydrogens is 230 g/mol. The average Bonchev–Trinajstić information content (AvgIpc) is 2.29. The number of carbonyl (C=O) groups excluding carboxylic acids is 1. The second kappa shape index (κ2) is 6.78. The van der Waals surface area contributed by atoms with Gasteiger partial charge in [0.1, 0.15) is 5.82 Å². The topological polar surface area (TPSA) is 84.1 Å². The summed E-state index contributed by atoms with van der Waals surface area (Å²) in [5, 5.41) is 3.08. The van der Waals surface area contributed by atoms with Crippen molar-refractivity contribution in [2.24, 2.45) is 0 Å². The van der Waals surface area contributed by atoms with Gasteiger partial charge in [0.25, 0.3) is 0 Å². The summed E-state index contributed by atoms with van der Waals surface area (Å²) in [5.41, 5.74) is 6.35. The highest BCUT2D eigenvalue weighted by Crippen LogP contribution is 2.07. The zero-order valence-electron chi connectivity index (χ0n) is 11.2. The minimum absolute atomic E-state index is 0.145. The van der Waals surface area contributed by atoms with Gasteiger partial charge in [-0.1, -0.05) is 0 Å². The maximum Gasteiger partial charge on any atom is 0.224 e. The largest absolute Gasteiger partial charge is 0.369 e. The zero-order chi connectivity index (χ0) is 13.5. The van der Waals surface area contributed by atoms with Crippen LogP contribution in [0.2, 0.25) is 0 Å². The van der Waals surface area contributed by atoms with Crippen LogP contribution in [0.3, 0.4) is 0 Å². The summed E-state index contributed by atoms with van der Waals surface area (Å²) in [4.78, 5) is 21.6. The number of nitrogens with one attached hydrogen (secondary N) is 1. The van der Waals surface area contributed by atoms with Gasteiger partial charge < -0.3 is 16.0 Å². The summed E-state index contributed by atoms with van der Waals surface area (Å²) >= 11 is 0. The number of amides is 1. The first-order chi connectivity index (χ1) is 8.56. The van der Waals surface area contributed by atoms with Crippen molar-refractivity contribution in [2.45, 2.75) is 27.2 Å². The van der Waals surface area contributed by atoms with Crippen LogP contribution in [0.5, 0.6) is 0 Å². The molecular formula is C12H21N5O. The van der Waals surface area contributed by atoms with Crippen LogP contribution in [0, 0.1) is 6.92 Å². The molecule has 0 aliphatic rings. The van der Waals surface area contributed by atoms with Gasteiger partial charge in [0, 0.05) is 37.8 Å². The number of hydrogen-bond acceptors (Lipinski definition) is 5. The quantitative estimate of drug-likeness (QED) is 0.789. The van der Waals surface area contributed by atoms with Crippen molar-refractivity contribution in [2.75, 3.05) is 30.7 Å². The van der Waals surface area contributed by atoms with E-state index < -0.39 is 0 Å². The molecule has 0 unspecified atom stereocenters. The summed E-state index contributed by atoms with van der Waals surface area (Å²) in [6.07, 6.45) is 0.449. The van der Waals surface area contributed by atoms with E-state index in [4.69, 9.17) is 5.73 Å². The van der Waals surface area contributed by atoms with Crippen LogP contribution in [0.25, 0.3) is 0 Å². The van der Waals surface area contributed by atoms with E-state index in [1.165, 1.54) is 0 Å². The van der Waals surface area contributed by atoms with Crippen molar-refractivity contribution in [3.05, 3.63) is 11.8 Å². The Hall–Kier alpha value is -1.85. The van der Waals surface area contributed by atoms with Gasteiger partial charge in [-0.3, -0.25) is 4.79 Å². The lowest BCUT2D eigenvalue weighted by Gasteiger charge is -2.18. The number of carbonyl (C=O) groups is 1. The van der Waals surface area contributed by atoms with E-state index in [2.05, 4.69) is 15.3 Å². The number of aryl methyl sites for hydroxylation is 1. The Bertz CT molecular complexity index is 383. The van der Waals surface area contributed by atoms with E-state index >= 15 is 0 Å². The van der Waals surface area contributed by atoms with E-state index in [0.717, 1.165) is 18.8 Å². The van der Waals surface area contributed by atoms with Crippen LogP contribution in [-0.2, 0) is 4.79 Å². The summed E-state index contributed by atoms with van der Waals surface area (Å²) < 4.78 is 0. The summed E-state index contributed by atoms with van der Waals surface area (Å²) in [6, 6.07) is 1.80. The van der Waals surface area contributed by atoms with Gasteiger partial charge in [-0.2, -0.15) is 4.98 Å². The number of rotatable bonds is 6. The third-order valence-electron chi connectivity index (χ3n) is 2.63. The van der Waals surface area contributed by atoms with Crippen molar-refractivity contribution < 1.29 is 4.79 Å².